The molecule has 7 heteroatoms. The standard InChI is InChI=1S/C16H23NO6/c1-16(20)17-7-12(18)15(19)14(17)13(23-16)9-22-8-10-3-5-11(21-2)6-4-10/h3-6,12-15,18-20H,7-9H2,1-2H3/t12-,13+,14-,15+,16?/m0/s1. The van der Waals surface area contributed by atoms with Crippen molar-refractivity contribution >= 4 is 0 Å². The highest BCUT2D eigenvalue weighted by molar-refractivity contribution is 5.26. The average Bonchev–Trinajstić information content (AvgIpc) is 2.96. The van der Waals surface area contributed by atoms with Gasteiger partial charge >= 0.3 is 0 Å². The van der Waals surface area contributed by atoms with E-state index in [0.29, 0.717) is 6.61 Å². The molecule has 2 aliphatic rings. The summed E-state index contributed by atoms with van der Waals surface area (Å²) in [6, 6.07) is 7.05. The number of rotatable bonds is 5. The zero-order valence-electron chi connectivity index (χ0n) is 13.3. The molecule has 0 amide bonds. The number of benzene rings is 1. The summed E-state index contributed by atoms with van der Waals surface area (Å²) in [7, 11) is 1.61. The number of hydrogen-bond donors (Lipinski definition) is 3. The topological polar surface area (TPSA) is 91.6 Å². The number of nitrogens with zero attached hydrogens (tertiary/aromatic N) is 1. The van der Waals surface area contributed by atoms with E-state index in [4.69, 9.17) is 14.2 Å². The molecule has 0 radical (unpaired) electrons. The van der Waals surface area contributed by atoms with E-state index < -0.39 is 30.3 Å². The van der Waals surface area contributed by atoms with Crippen LogP contribution in [0.5, 0.6) is 5.75 Å². The molecule has 1 aromatic carbocycles. The van der Waals surface area contributed by atoms with Crippen LogP contribution in [0, 0.1) is 0 Å². The lowest BCUT2D eigenvalue weighted by Gasteiger charge is -2.26. The van der Waals surface area contributed by atoms with Crippen molar-refractivity contribution in [2.45, 2.75) is 43.8 Å². The molecule has 2 aliphatic heterocycles. The first kappa shape index (κ1) is 16.6. The summed E-state index contributed by atoms with van der Waals surface area (Å²) >= 11 is 0. The summed E-state index contributed by atoms with van der Waals surface area (Å²) in [4.78, 5) is 1.57. The Morgan fingerprint density at radius 2 is 2.00 bits per heavy atom. The molecule has 23 heavy (non-hydrogen) atoms. The molecule has 0 saturated carbocycles. The van der Waals surface area contributed by atoms with Crippen LogP contribution in [0.1, 0.15) is 12.5 Å². The third-order valence-corrected chi connectivity index (χ3v) is 4.49. The molecule has 5 atom stereocenters. The van der Waals surface area contributed by atoms with Crippen molar-refractivity contribution in [3.8, 4) is 5.75 Å². The summed E-state index contributed by atoms with van der Waals surface area (Å²) in [5, 5.41) is 30.1. The molecule has 0 spiro atoms. The van der Waals surface area contributed by atoms with Gasteiger partial charge in [0.25, 0.3) is 0 Å². The van der Waals surface area contributed by atoms with Gasteiger partial charge in [0.15, 0.2) is 0 Å². The molecule has 7 nitrogen and oxygen atoms in total. The van der Waals surface area contributed by atoms with Gasteiger partial charge in [-0.15, -0.1) is 0 Å². The first-order valence-corrected chi connectivity index (χ1v) is 7.66. The molecular weight excluding hydrogens is 302 g/mol. The van der Waals surface area contributed by atoms with E-state index in [1.54, 1.807) is 12.0 Å². The minimum absolute atomic E-state index is 0.174. The van der Waals surface area contributed by atoms with Crippen LogP contribution in [0.25, 0.3) is 0 Å². The van der Waals surface area contributed by atoms with Crippen LogP contribution in [-0.2, 0) is 16.1 Å². The highest BCUT2D eigenvalue weighted by Crippen LogP contribution is 2.37. The lowest BCUT2D eigenvalue weighted by Crippen LogP contribution is -2.45. The van der Waals surface area contributed by atoms with E-state index in [9.17, 15) is 15.3 Å². The van der Waals surface area contributed by atoms with Gasteiger partial charge in [0.2, 0.25) is 5.91 Å². The second-order valence-electron chi connectivity index (χ2n) is 6.15. The summed E-state index contributed by atoms with van der Waals surface area (Å²) in [6.07, 6.45) is -2.35. The van der Waals surface area contributed by atoms with Gasteiger partial charge in [0, 0.05) is 13.5 Å². The molecule has 0 bridgehead atoms. The third kappa shape index (κ3) is 3.21. The number of methoxy groups -OCH3 is 1. The Morgan fingerprint density at radius 3 is 2.65 bits per heavy atom. The molecule has 1 aromatic rings. The molecule has 3 N–H and O–H groups in total. The van der Waals surface area contributed by atoms with Crippen molar-refractivity contribution in [2.75, 3.05) is 20.3 Å². The van der Waals surface area contributed by atoms with Crippen LogP contribution in [0.3, 0.4) is 0 Å². The van der Waals surface area contributed by atoms with Crippen LogP contribution >= 0.6 is 0 Å². The molecule has 2 fully saturated rings. The molecule has 0 aliphatic carbocycles. The molecule has 128 valence electrons. The molecule has 0 aromatic heterocycles. The fraction of sp³-hybridized carbons (Fsp3) is 0.625. The molecule has 1 unspecified atom stereocenters. The first-order valence-electron chi connectivity index (χ1n) is 7.66. The summed E-state index contributed by atoms with van der Waals surface area (Å²) in [6.45, 7) is 2.28. The van der Waals surface area contributed by atoms with Gasteiger partial charge in [-0.2, -0.15) is 0 Å². The maximum atomic E-state index is 10.3. The Balaban J connectivity index is 1.57. The van der Waals surface area contributed by atoms with Crippen molar-refractivity contribution in [3.63, 3.8) is 0 Å². The number of aliphatic hydroxyl groups excluding tert-OH is 2. The smallest absolute Gasteiger partial charge is 0.225 e. The van der Waals surface area contributed by atoms with Crippen LogP contribution < -0.4 is 4.74 Å². The SMILES string of the molecule is COc1ccc(COC[C@H]2OC(C)(O)N3C[C@H](O)[C@@H](O)[C@H]23)cc1. The van der Waals surface area contributed by atoms with Crippen molar-refractivity contribution < 1.29 is 29.5 Å². The molecule has 2 saturated heterocycles. The lowest BCUT2D eigenvalue weighted by molar-refractivity contribution is -0.248. The van der Waals surface area contributed by atoms with Gasteiger partial charge < -0.3 is 29.5 Å². The maximum Gasteiger partial charge on any atom is 0.225 e. The highest BCUT2D eigenvalue weighted by atomic mass is 16.7. The third-order valence-electron chi connectivity index (χ3n) is 4.49. The number of hydrogen-bond acceptors (Lipinski definition) is 7. The summed E-state index contributed by atoms with van der Waals surface area (Å²) in [5.41, 5.74) is 0.986. The van der Waals surface area contributed by atoms with Crippen molar-refractivity contribution in [3.05, 3.63) is 29.8 Å². The zero-order chi connectivity index (χ0) is 16.6. The Hall–Kier alpha value is -1.22. The summed E-state index contributed by atoms with van der Waals surface area (Å²) in [5.74, 6) is -0.722. The number of fused-ring (bicyclic) bond motifs is 1. The second-order valence-corrected chi connectivity index (χ2v) is 6.15. The fourth-order valence-corrected chi connectivity index (χ4v) is 3.28. The van der Waals surface area contributed by atoms with Crippen molar-refractivity contribution in [1.29, 1.82) is 0 Å². The van der Waals surface area contributed by atoms with E-state index in [1.165, 1.54) is 6.92 Å². The highest BCUT2D eigenvalue weighted by Gasteiger charge is 2.58. The van der Waals surface area contributed by atoms with Crippen molar-refractivity contribution in [2.24, 2.45) is 0 Å². The second kappa shape index (κ2) is 6.35. The molecule has 3 rings (SSSR count). The summed E-state index contributed by atoms with van der Waals surface area (Å²) < 4.78 is 16.3. The van der Waals surface area contributed by atoms with E-state index in [0.717, 1.165) is 11.3 Å². The van der Waals surface area contributed by atoms with Crippen LogP contribution in [0.4, 0.5) is 0 Å². The lowest BCUT2D eigenvalue weighted by atomic mass is 10.1. The van der Waals surface area contributed by atoms with Gasteiger partial charge in [-0.05, 0) is 17.7 Å². The normalized spacial score (nSPS) is 37.1. The Morgan fingerprint density at radius 1 is 1.30 bits per heavy atom. The van der Waals surface area contributed by atoms with Gasteiger partial charge in [-0.3, -0.25) is 0 Å². The molecular formula is C16H23NO6. The van der Waals surface area contributed by atoms with Crippen LogP contribution in [-0.4, -0.2) is 70.7 Å². The monoisotopic (exact) mass is 325 g/mol. The minimum atomic E-state index is -1.50. The van der Waals surface area contributed by atoms with Gasteiger partial charge in [0.05, 0.1) is 38.6 Å². The van der Waals surface area contributed by atoms with E-state index in [1.807, 2.05) is 24.3 Å². The predicted octanol–water partition coefficient (Wildman–Crippen LogP) is -0.317. The van der Waals surface area contributed by atoms with Crippen LogP contribution in [0.2, 0.25) is 0 Å². The van der Waals surface area contributed by atoms with Crippen molar-refractivity contribution in [1.82, 2.24) is 4.90 Å². The Kier molecular flexibility index (Phi) is 4.59. The Labute approximate surface area is 135 Å². The maximum absolute atomic E-state index is 10.3. The van der Waals surface area contributed by atoms with E-state index in [-0.39, 0.29) is 13.2 Å². The number of aliphatic hydroxyl groups is 3. The quantitative estimate of drug-likeness (QED) is 0.683. The number of ether oxygens (including phenoxy) is 3. The Bertz CT molecular complexity index is 534. The largest absolute Gasteiger partial charge is 0.497 e. The average molecular weight is 325 g/mol. The zero-order valence-corrected chi connectivity index (χ0v) is 13.3. The van der Waals surface area contributed by atoms with E-state index in [2.05, 4.69) is 0 Å². The first-order chi connectivity index (χ1) is 10.9. The molecule has 2 heterocycles. The van der Waals surface area contributed by atoms with E-state index >= 15 is 0 Å². The van der Waals surface area contributed by atoms with Gasteiger partial charge in [-0.25, -0.2) is 4.90 Å². The fourth-order valence-electron chi connectivity index (χ4n) is 3.28. The van der Waals surface area contributed by atoms with Gasteiger partial charge in [-0.1, -0.05) is 12.1 Å². The minimum Gasteiger partial charge on any atom is -0.497 e. The predicted molar refractivity (Wildman–Crippen MR) is 80.7 cm³/mol. The van der Waals surface area contributed by atoms with Crippen LogP contribution in [0.15, 0.2) is 24.3 Å². The van der Waals surface area contributed by atoms with Gasteiger partial charge in [0.1, 0.15) is 11.9 Å².